The Hall–Kier alpha value is -0.540. The first-order valence-electron chi connectivity index (χ1n) is 6.23. The maximum atomic E-state index is 12.6. The number of hydrogen-bond acceptors (Lipinski definition) is 3. The fraction of sp³-hybridized carbons (Fsp3) is 0.500. The molecule has 1 aromatic carbocycles. The monoisotopic (exact) mass is 378 g/mol. The molecule has 1 saturated carbocycles. The highest BCUT2D eigenvalue weighted by molar-refractivity contribution is 7.89. The summed E-state index contributed by atoms with van der Waals surface area (Å²) in [6.07, 6.45) is -2.76. The number of alkyl halides is 3. The summed E-state index contributed by atoms with van der Waals surface area (Å²) in [4.78, 5) is -0.595. The second-order valence-electron chi connectivity index (χ2n) is 5.00. The van der Waals surface area contributed by atoms with Gasteiger partial charge in [-0.2, -0.15) is 13.2 Å². The molecule has 1 aliphatic rings. The van der Waals surface area contributed by atoms with Crippen LogP contribution in [0.3, 0.4) is 0 Å². The Labute approximate surface area is 137 Å². The molecule has 0 spiro atoms. The molecule has 0 bridgehead atoms. The van der Waals surface area contributed by atoms with E-state index in [2.05, 4.69) is 4.72 Å². The van der Waals surface area contributed by atoms with Crippen molar-refractivity contribution in [3.05, 3.63) is 28.8 Å². The molecule has 1 aliphatic carbocycles. The molecule has 1 atom stereocenters. The molecule has 2 rings (SSSR count). The predicted molar refractivity (Wildman–Crippen MR) is 79.6 cm³/mol. The highest BCUT2D eigenvalue weighted by atomic mass is 35.5. The summed E-state index contributed by atoms with van der Waals surface area (Å²) >= 11 is 5.70. The number of hydrogen-bond donors (Lipinski definition) is 2. The fourth-order valence-corrected chi connectivity index (χ4v) is 3.46. The topological polar surface area (TPSA) is 72.2 Å². The first-order valence-corrected chi connectivity index (χ1v) is 8.09. The van der Waals surface area contributed by atoms with Crippen molar-refractivity contribution in [3.63, 3.8) is 0 Å². The average molecular weight is 379 g/mol. The lowest BCUT2D eigenvalue weighted by molar-refractivity contribution is -0.137. The van der Waals surface area contributed by atoms with Crippen LogP contribution in [0.25, 0.3) is 0 Å². The van der Waals surface area contributed by atoms with E-state index < -0.39 is 26.7 Å². The van der Waals surface area contributed by atoms with Crippen molar-refractivity contribution in [1.82, 2.24) is 4.72 Å². The molecule has 1 fully saturated rings. The number of halogens is 5. The van der Waals surface area contributed by atoms with Gasteiger partial charge in [0, 0.05) is 12.6 Å². The molecule has 126 valence electrons. The van der Waals surface area contributed by atoms with Crippen LogP contribution in [0.2, 0.25) is 5.02 Å². The lowest BCUT2D eigenvalue weighted by atomic mass is 10.2. The molecular weight excluding hydrogens is 364 g/mol. The third-order valence-electron chi connectivity index (χ3n) is 3.28. The molecule has 1 aromatic rings. The van der Waals surface area contributed by atoms with Crippen molar-refractivity contribution >= 4 is 34.0 Å². The second-order valence-corrected chi connectivity index (χ2v) is 7.14. The Morgan fingerprint density at radius 3 is 2.45 bits per heavy atom. The van der Waals surface area contributed by atoms with E-state index in [1.54, 1.807) is 0 Å². The van der Waals surface area contributed by atoms with Gasteiger partial charge >= 0.3 is 6.18 Å². The van der Waals surface area contributed by atoms with E-state index in [0.29, 0.717) is 6.07 Å². The minimum absolute atomic E-state index is 0. The van der Waals surface area contributed by atoms with Crippen molar-refractivity contribution in [1.29, 1.82) is 0 Å². The molecule has 4 nitrogen and oxygen atoms in total. The van der Waals surface area contributed by atoms with Gasteiger partial charge < -0.3 is 5.73 Å². The first-order chi connectivity index (χ1) is 9.61. The molecule has 0 saturated heterocycles. The Kier molecular flexibility index (Phi) is 6.14. The van der Waals surface area contributed by atoms with E-state index in [9.17, 15) is 21.6 Å². The third-order valence-corrected chi connectivity index (χ3v) is 5.19. The molecule has 0 aliphatic heterocycles. The standard InChI is InChI=1S/C12H14ClF3N2O2S.ClH/c13-9-4-3-8(12(14,15)16)5-11(9)21(19,20)18-6-10(17)7-1-2-7;/h3-5,7,10,18H,1-2,6,17H2;1H. The van der Waals surface area contributed by atoms with Gasteiger partial charge in [-0.25, -0.2) is 13.1 Å². The summed E-state index contributed by atoms with van der Waals surface area (Å²) in [7, 11) is -4.14. The van der Waals surface area contributed by atoms with Crippen molar-refractivity contribution < 1.29 is 21.6 Å². The molecule has 0 aromatic heterocycles. The zero-order valence-electron chi connectivity index (χ0n) is 11.2. The highest BCUT2D eigenvalue weighted by Gasteiger charge is 2.33. The summed E-state index contributed by atoms with van der Waals surface area (Å²) < 4.78 is 64.2. The van der Waals surface area contributed by atoms with Gasteiger partial charge in [0.15, 0.2) is 0 Å². The van der Waals surface area contributed by atoms with Crippen LogP contribution in [0, 0.1) is 5.92 Å². The molecule has 0 heterocycles. The van der Waals surface area contributed by atoms with Gasteiger partial charge in [-0.3, -0.25) is 0 Å². The minimum atomic E-state index is -4.64. The van der Waals surface area contributed by atoms with Crippen LogP contribution in [0.1, 0.15) is 18.4 Å². The van der Waals surface area contributed by atoms with Crippen molar-refractivity contribution in [2.24, 2.45) is 11.7 Å². The lowest BCUT2D eigenvalue weighted by Gasteiger charge is -2.14. The Balaban J connectivity index is 0.00000242. The Morgan fingerprint density at radius 1 is 1.36 bits per heavy atom. The molecule has 1 unspecified atom stereocenters. The molecule has 0 amide bonds. The predicted octanol–water partition coefficient (Wildman–Crippen LogP) is 2.80. The van der Waals surface area contributed by atoms with Gasteiger partial charge in [0.25, 0.3) is 0 Å². The van der Waals surface area contributed by atoms with E-state index in [1.165, 1.54) is 0 Å². The molecule has 3 N–H and O–H groups in total. The van der Waals surface area contributed by atoms with E-state index in [1.807, 2.05) is 0 Å². The van der Waals surface area contributed by atoms with Crippen molar-refractivity contribution in [3.8, 4) is 0 Å². The van der Waals surface area contributed by atoms with E-state index in [0.717, 1.165) is 25.0 Å². The van der Waals surface area contributed by atoms with Gasteiger partial charge in [-0.05, 0) is 37.0 Å². The minimum Gasteiger partial charge on any atom is -0.326 e. The smallest absolute Gasteiger partial charge is 0.326 e. The van der Waals surface area contributed by atoms with Gasteiger partial charge in [0.2, 0.25) is 10.0 Å². The van der Waals surface area contributed by atoms with Crippen LogP contribution in [0.15, 0.2) is 23.1 Å². The maximum Gasteiger partial charge on any atom is 0.416 e. The van der Waals surface area contributed by atoms with Gasteiger partial charge in [0.05, 0.1) is 10.6 Å². The summed E-state index contributed by atoms with van der Waals surface area (Å²) in [5, 5.41) is -0.268. The SMILES string of the molecule is Cl.NC(CNS(=O)(=O)c1cc(C(F)(F)F)ccc1Cl)C1CC1. The lowest BCUT2D eigenvalue weighted by Crippen LogP contribution is -2.38. The Morgan fingerprint density at radius 2 is 1.95 bits per heavy atom. The van der Waals surface area contributed by atoms with Gasteiger partial charge in [0.1, 0.15) is 4.90 Å². The molecule has 10 heteroatoms. The van der Waals surface area contributed by atoms with Crippen LogP contribution in [-0.2, 0) is 16.2 Å². The van der Waals surface area contributed by atoms with Gasteiger partial charge in [-0.15, -0.1) is 12.4 Å². The first kappa shape index (κ1) is 19.5. The second kappa shape index (κ2) is 6.92. The zero-order valence-corrected chi connectivity index (χ0v) is 13.6. The zero-order chi connectivity index (χ0) is 15.8. The van der Waals surface area contributed by atoms with Crippen LogP contribution in [0.4, 0.5) is 13.2 Å². The summed E-state index contributed by atoms with van der Waals surface area (Å²) in [6.45, 7) is -0.0282. The van der Waals surface area contributed by atoms with Crippen molar-refractivity contribution in [2.75, 3.05) is 6.54 Å². The normalized spacial score (nSPS) is 17.0. The largest absolute Gasteiger partial charge is 0.416 e. The molecule has 0 radical (unpaired) electrons. The van der Waals surface area contributed by atoms with Gasteiger partial charge in [-0.1, -0.05) is 11.6 Å². The maximum absolute atomic E-state index is 12.6. The summed E-state index contributed by atoms with van der Waals surface area (Å²) in [5.41, 5.74) is 4.69. The van der Waals surface area contributed by atoms with Crippen LogP contribution in [0.5, 0.6) is 0 Å². The molecule has 22 heavy (non-hydrogen) atoms. The average Bonchev–Trinajstić information content (AvgIpc) is 3.19. The van der Waals surface area contributed by atoms with E-state index >= 15 is 0 Å². The van der Waals surface area contributed by atoms with Crippen LogP contribution >= 0.6 is 24.0 Å². The number of nitrogens with one attached hydrogen (secondary N) is 1. The summed E-state index contributed by atoms with van der Waals surface area (Å²) in [5.74, 6) is 0.268. The molecular formula is C12H15Cl2F3N2O2S. The third kappa shape index (κ3) is 4.73. The number of benzene rings is 1. The fourth-order valence-electron chi connectivity index (χ4n) is 1.86. The van der Waals surface area contributed by atoms with Crippen LogP contribution in [-0.4, -0.2) is 21.0 Å². The highest BCUT2D eigenvalue weighted by Crippen LogP contribution is 2.34. The number of nitrogens with two attached hydrogens (primary N) is 1. The number of rotatable bonds is 5. The quantitative estimate of drug-likeness (QED) is 0.827. The summed E-state index contributed by atoms with van der Waals surface area (Å²) in [6, 6.07) is 1.83. The van der Waals surface area contributed by atoms with E-state index in [-0.39, 0.29) is 35.9 Å². The number of sulfonamides is 1. The van der Waals surface area contributed by atoms with E-state index in [4.69, 9.17) is 17.3 Å². The van der Waals surface area contributed by atoms with Crippen molar-refractivity contribution in [2.45, 2.75) is 30.0 Å². The Bertz CT molecular complexity index is 634. The van der Waals surface area contributed by atoms with Crippen LogP contribution < -0.4 is 10.5 Å².